The van der Waals surface area contributed by atoms with Crippen LogP contribution in [0.2, 0.25) is 0 Å². The van der Waals surface area contributed by atoms with Gasteiger partial charge in [-0.25, -0.2) is 0 Å². The van der Waals surface area contributed by atoms with Gasteiger partial charge in [0.25, 0.3) is 5.91 Å². The highest BCUT2D eigenvalue weighted by molar-refractivity contribution is 14.1. The third kappa shape index (κ3) is 3.02. The molecular weight excluding hydrogens is 369 g/mol. The van der Waals surface area contributed by atoms with Crippen molar-refractivity contribution in [2.75, 3.05) is 0 Å². The number of halogens is 1. The lowest BCUT2D eigenvalue weighted by Crippen LogP contribution is -2.28. The molecule has 2 aromatic heterocycles. The smallest absolute Gasteiger partial charge is 0.273 e. The molecule has 0 bridgehead atoms. The first-order valence-corrected chi connectivity index (χ1v) is 7.54. The predicted molar refractivity (Wildman–Crippen MR) is 84.4 cm³/mol. The molecule has 2 aromatic rings. The van der Waals surface area contributed by atoms with Gasteiger partial charge in [-0.15, -0.1) is 0 Å². The highest BCUT2D eigenvalue weighted by Gasteiger charge is 2.19. The second-order valence-corrected chi connectivity index (χ2v) is 5.88. The van der Waals surface area contributed by atoms with Crippen molar-refractivity contribution in [3.05, 3.63) is 32.9 Å². The molecule has 0 saturated carbocycles. The van der Waals surface area contributed by atoms with Gasteiger partial charge in [0.15, 0.2) is 5.69 Å². The maximum atomic E-state index is 12.2. The topological polar surface area (TPSA) is 64.7 Å². The largest absolute Gasteiger partial charge is 0.344 e. The first-order chi connectivity index (χ1) is 9.42. The number of aryl methyl sites for hydroxylation is 3. The van der Waals surface area contributed by atoms with Crippen LogP contribution in [-0.4, -0.2) is 25.5 Å². The fraction of sp³-hybridized carbons (Fsp3) is 0.462. The van der Waals surface area contributed by atoms with Gasteiger partial charge in [0.05, 0.1) is 15.3 Å². The van der Waals surface area contributed by atoms with Gasteiger partial charge in [0.1, 0.15) is 0 Å². The molecule has 0 aliphatic rings. The molecule has 0 fully saturated rings. The fourth-order valence-corrected chi connectivity index (χ4v) is 2.83. The first-order valence-electron chi connectivity index (χ1n) is 6.46. The van der Waals surface area contributed by atoms with Crippen molar-refractivity contribution in [2.24, 2.45) is 7.05 Å². The Morgan fingerprint density at radius 2 is 2.15 bits per heavy atom. The molecule has 0 aliphatic heterocycles. The van der Waals surface area contributed by atoms with Crippen LogP contribution < -0.4 is 5.32 Å². The third-order valence-electron chi connectivity index (χ3n) is 3.12. The Labute approximate surface area is 131 Å². The highest BCUT2D eigenvalue weighted by atomic mass is 127. The van der Waals surface area contributed by atoms with Gasteiger partial charge >= 0.3 is 0 Å². The number of rotatable bonds is 4. The molecule has 6 nitrogen and oxygen atoms in total. The van der Waals surface area contributed by atoms with Gasteiger partial charge in [-0.1, -0.05) is 0 Å². The van der Waals surface area contributed by atoms with E-state index in [1.807, 2.05) is 37.8 Å². The monoisotopic (exact) mass is 387 g/mol. The van der Waals surface area contributed by atoms with Crippen molar-refractivity contribution in [3.63, 3.8) is 0 Å². The number of amides is 1. The summed E-state index contributed by atoms with van der Waals surface area (Å²) in [6, 6.07) is -0.0967. The molecule has 1 atom stereocenters. The minimum atomic E-state index is -0.161. The van der Waals surface area contributed by atoms with E-state index >= 15 is 0 Å². The summed E-state index contributed by atoms with van der Waals surface area (Å²) in [5.41, 5.74) is 2.43. The first kappa shape index (κ1) is 15.0. The molecule has 1 unspecified atom stereocenters. The average Bonchev–Trinajstić information content (AvgIpc) is 2.91. The van der Waals surface area contributed by atoms with E-state index in [0.29, 0.717) is 5.69 Å². The molecule has 0 radical (unpaired) electrons. The number of hydrogen-bond acceptors (Lipinski definition) is 3. The van der Waals surface area contributed by atoms with Crippen molar-refractivity contribution in [3.8, 4) is 0 Å². The Hall–Kier alpha value is -1.38. The Bertz CT molecular complexity index is 631. The van der Waals surface area contributed by atoms with Crippen LogP contribution >= 0.6 is 22.6 Å². The van der Waals surface area contributed by atoms with Crippen molar-refractivity contribution >= 4 is 28.5 Å². The third-order valence-corrected chi connectivity index (χ3v) is 3.91. The van der Waals surface area contributed by atoms with Crippen LogP contribution in [0.5, 0.6) is 0 Å². The van der Waals surface area contributed by atoms with E-state index in [4.69, 9.17) is 0 Å². The zero-order chi connectivity index (χ0) is 14.9. The van der Waals surface area contributed by atoms with Crippen molar-refractivity contribution in [2.45, 2.75) is 33.4 Å². The van der Waals surface area contributed by atoms with E-state index in [-0.39, 0.29) is 11.9 Å². The van der Waals surface area contributed by atoms with Crippen LogP contribution in [0, 0.1) is 10.5 Å². The number of nitrogens with one attached hydrogen (secondary N) is 1. The minimum absolute atomic E-state index is 0.0967. The van der Waals surface area contributed by atoms with Gasteiger partial charge in [-0.2, -0.15) is 10.2 Å². The highest BCUT2D eigenvalue weighted by Crippen LogP contribution is 2.17. The molecule has 0 saturated heterocycles. The maximum Gasteiger partial charge on any atom is 0.273 e. The van der Waals surface area contributed by atoms with E-state index in [9.17, 15) is 4.79 Å². The zero-order valence-corrected chi connectivity index (χ0v) is 14.2. The Kier molecular flexibility index (Phi) is 4.46. The van der Waals surface area contributed by atoms with E-state index in [1.54, 1.807) is 11.7 Å². The van der Waals surface area contributed by atoms with Gasteiger partial charge in [0, 0.05) is 31.5 Å². The molecular formula is C13H18IN5O. The lowest BCUT2D eigenvalue weighted by molar-refractivity contribution is 0.0933. The molecule has 7 heteroatoms. The zero-order valence-electron chi connectivity index (χ0n) is 12.0. The lowest BCUT2D eigenvalue weighted by atomic mass is 10.1. The SMILES string of the molecule is CCn1cc(C(C)NC(=O)c2nn(C)cc2I)c(C)n1. The van der Waals surface area contributed by atoms with Gasteiger partial charge in [-0.3, -0.25) is 14.2 Å². The molecule has 1 N–H and O–H groups in total. The molecule has 2 heterocycles. The lowest BCUT2D eigenvalue weighted by Gasteiger charge is -2.12. The van der Waals surface area contributed by atoms with E-state index in [1.165, 1.54) is 0 Å². The maximum absolute atomic E-state index is 12.2. The second kappa shape index (κ2) is 5.94. The summed E-state index contributed by atoms with van der Waals surface area (Å²) in [6.45, 7) is 6.77. The summed E-state index contributed by atoms with van der Waals surface area (Å²) in [7, 11) is 1.80. The van der Waals surface area contributed by atoms with Crippen LogP contribution in [0.1, 0.15) is 41.6 Å². The van der Waals surface area contributed by atoms with E-state index < -0.39 is 0 Å². The van der Waals surface area contributed by atoms with Crippen LogP contribution in [0.25, 0.3) is 0 Å². The number of nitrogens with zero attached hydrogens (tertiary/aromatic N) is 4. The van der Waals surface area contributed by atoms with Gasteiger partial charge < -0.3 is 5.32 Å². The number of carbonyl (C=O) groups excluding carboxylic acids is 1. The number of hydrogen-bond donors (Lipinski definition) is 1. The quantitative estimate of drug-likeness (QED) is 0.817. The number of carbonyl (C=O) groups is 1. The molecule has 0 spiro atoms. The summed E-state index contributed by atoms with van der Waals surface area (Å²) in [6.07, 6.45) is 3.80. The van der Waals surface area contributed by atoms with Crippen LogP contribution in [-0.2, 0) is 13.6 Å². The average molecular weight is 387 g/mol. The van der Waals surface area contributed by atoms with Gasteiger partial charge in [-0.05, 0) is 43.4 Å². The fourth-order valence-electron chi connectivity index (χ4n) is 2.08. The Balaban J connectivity index is 2.14. The molecule has 0 aromatic carbocycles. The van der Waals surface area contributed by atoms with Crippen molar-refractivity contribution in [1.82, 2.24) is 24.9 Å². The predicted octanol–water partition coefficient (Wildman–Crippen LogP) is 2.04. The molecule has 1 amide bonds. The minimum Gasteiger partial charge on any atom is -0.344 e. The summed E-state index contributed by atoms with van der Waals surface area (Å²) in [4.78, 5) is 12.2. The summed E-state index contributed by atoms with van der Waals surface area (Å²) in [5, 5.41) is 11.5. The summed E-state index contributed by atoms with van der Waals surface area (Å²) >= 11 is 2.11. The number of aromatic nitrogens is 4. The van der Waals surface area contributed by atoms with Crippen LogP contribution in [0.4, 0.5) is 0 Å². The normalized spacial score (nSPS) is 12.4. The van der Waals surface area contributed by atoms with Crippen LogP contribution in [0.15, 0.2) is 12.4 Å². The van der Waals surface area contributed by atoms with E-state index in [2.05, 4.69) is 38.1 Å². The van der Waals surface area contributed by atoms with Crippen molar-refractivity contribution < 1.29 is 4.79 Å². The van der Waals surface area contributed by atoms with E-state index in [0.717, 1.165) is 21.4 Å². The van der Waals surface area contributed by atoms with Crippen LogP contribution in [0.3, 0.4) is 0 Å². The Morgan fingerprint density at radius 1 is 1.45 bits per heavy atom. The standard InChI is InChI=1S/C13H18IN5O/c1-5-19-6-10(9(3)16-19)8(2)15-13(20)12-11(14)7-18(4)17-12/h6-8H,5H2,1-4H3,(H,15,20). The van der Waals surface area contributed by atoms with Gasteiger partial charge in [0.2, 0.25) is 0 Å². The summed E-state index contributed by atoms with van der Waals surface area (Å²) < 4.78 is 4.36. The Morgan fingerprint density at radius 3 is 2.65 bits per heavy atom. The molecule has 108 valence electrons. The molecule has 0 aliphatic carbocycles. The van der Waals surface area contributed by atoms with Crippen molar-refractivity contribution in [1.29, 1.82) is 0 Å². The molecule has 20 heavy (non-hydrogen) atoms. The molecule has 2 rings (SSSR count). The summed E-state index contributed by atoms with van der Waals surface area (Å²) in [5.74, 6) is -0.161. The second-order valence-electron chi connectivity index (χ2n) is 4.72.